The summed E-state index contributed by atoms with van der Waals surface area (Å²) < 4.78 is 27.3. The molecule has 0 atom stereocenters. The van der Waals surface area contributed by atoms with Gasteiger partial charge >= 0.3 is 0 Å². The number of piperidine rings is 1. The number of pyridine rings is 1. The van der Waals surface area contributed by atoms with Gasteiger partial charge in [0.1, 0.15) is 5.69 Å². The first-order valence-electron chi connectivity index (χ1n) is 9.17. The molecule has 8 nitrogen and oxygen atoms in total. The molecule has 1 saturated heterocycles. The number of nitro benzene ring substituents is 1. The van der Waals surface area contributed by atoms with Crippen LogP contribution in [0, 0.1) is 16.0 Å². The van der Waals surface area contributed by atoms with E-state index in [4.69, 9.17) is 0 Å². The lowest BCUT2D eigenvalue weighted by Gasteiger charge is -2.29. The average Bonchev–Trinajstić information content (AvgIpc) is 2.68. The summed E-state index contributed by atoms with van der Waals surface area (Å²) in [6.45, 7) is 3.41. The summed E-state index contributed by atoms with van der Waals surface area (Å²) >= 11 is 0. The first-order valence-corrected chi connectivity index (χ1v) is 10.6. The normalized spacial score (nSPS) is 16.1. The van der Waals surface area contributed by atoms with Crippen molar-refractivity contribution in [2.75, 3.05) is 25.0 Å². The molecule has 0 spiro atoms. The third kappa shape index (κ3) is 4.31. The van der Waals surface area contributed by atoms with Crippen molar-refractivity contribution >= 4 is 21.4 Å². The minimum atomic E-state index is -3.74. The Kier molecular flexibility index (Phi) is 5.95. The van der Waals surface area contributed by atoms with E-state index < -0.39 is 14.9 Å². The Morgan fingerprint density at radius 1 is 1.29 bits per heavy atom. The summed E-state index contributed by atoms with van der Waals surface area (Å²) in [6, 6.07) is 7.81. The van der Waals surface area contributed by atoms with Crippen molar-refractivity contribution in [1.29, 1.82) is 0 Å². The Labute approximate surface area is 165 Å². The maximum absolute atomic E-state index is 12.9. The molecule has 0 unspecified atom stereocenters. The van der Waals surface area contributed by atoms with Crippen LogP contribution < -0.4 is 4.90 Å². The number of aromatic nitrogens is 1. The standard InChI is InChI=1S/C19H24N4O4S/c1-15-7-10-22(11-8-15)28(26,27)17-5-6-18(19(12-17)23(24)25)21(2)14-16-4-3-9-20-13-16/h3-6,9,12-13,15H,7-8,10-11,14H2,1-2H3. The van der Waals surface area contributed by atoms with Crippen LogP contribution in [0.4, 0.5) is 11.4 Å². The van der Waals surface area contributed by atoms with Crippen LogP contribution in [0.25, 0.3) is 0 Å². The lowest BCUT2D eigenvalue weighted by atomic mass is 10.0. The summed E-state index contributed by atoms with van der Waals surface area (Å²) in [7, 11) is -2.01. The zero-order valence-corrected chi connectivity index (χ0v) is 16.8. The number of hydrogen-bond donors (Lipinski definition) is 0. The van der Waals surface area contributed by atoms with Crippen molar-refractivity contribution in [2.24, 2.45) is 5.92 Å². The van der Waals surface area contributed by atoms with Crippen LogP contribution in [0.1, 0.15) is 25.3 Å². The molecule has 1 aliphatic heterocycles. The van der Waals surface area contributed by atoms with Crippen molar-refractivity contribution in [1.82, 2.24) is 9.29 Å². The Bertz CT molecular complexity index is 942. The summed E-state index contributed by atoms with van der Waals surface area (Å²) in [5.41, 5.74) is 1.04. The van der Waals surface area contributed by atoms with Gasteiger partial charge in [-0.05, 0) is 42.5 Å². The molecular formula is C19H24N4O4S. The molecule has 3 rings (SSSR count). The molecule has 28 heavy (non-hydrogen) atoms. The molecule has 2 heterocycles. The highest BCUT2D eigenvalue weighted by Gasteiger charge is 2.30. The van der Waals surface area contributed by atoms with Crippen molar-refractivity contribution in [3.63, 3.8) is 0 Å². The van der Waals surface area contributed by atoms with Crippen LogP contribution in [-0.4, -0.2) is 42.8 Å². The number of sulfonamides is 1. The molecule has 2 aromatic rings. The maximum Gasteiger partial charge on any atom is 0.293 e. The number of benzene rings is 1. The topological polar surface area (TPSA) is 96.7 Å². The van der Waals surface area contributed by atoms with Crippen molar-refractivity contribution < 1.29 is 13.3 Å². The van der Waals surface area contributed by atoms with E-state index in [0.29, 0.717) is 31.2 Å². The molecule has 150 valence electrons. The number of nitro groups is 1. The largest absolute Gasteiger partial charge is 0.365 e. The minimum Gasteiger partial charge on any atom is -0.365 e. The van der Waals surface area contributed by atoms with Gasteiger partial charge in [0.2, 0.25) is 10.0 Å². The fourth-order valence-corrected chi connectivity index (χ4v) is 4.85. The van der Waals surface area contributed by atoms with Crippen molar-refractivity contribution in [3.05, 3.63) is 58.4 Å². The SMILES string of the molecule is CC1CCN(S(=O)(=O)c2ccc(N(C)Cc3cccnc3)c([N+](=O)[O-])c2)CC1. The van der Waals surface area contributed by atoms with Crippen LogP contribution in [0.3, 0.4) is 0 Å². The monoisotopic (exact) mass is 404 g/mol. The van der Waals surface area contributed by atoms with Crippen LogP contribution in [0.15, 0.2) is 47.6 Å². The Hall–Kier alpha value is -2.52. The average molecular weight is 404 g/mol. The van der Waals surface area contributed by atoms with Crippen LogP contribution in [-0.2, 0) is 16.6 Å². The molecule has 9 heteroatoms. The lowest BCUT2D eigenvalue weighted by molar-refractivity contribution is -0.384. The molecule has 0 bridgehead atoms. The van der Waals surface area contributed by atoms with Gasteiger partial charge in [-0.3, -0.25) is 15.1 Å². The second-order valence-corrected chi connectivity index (χ2v) is 9.15. The highest BCUT2D eigenvalue weighted by molar-refractivity contribution is 7.89. The van der Waals surface area contributed by atoms with Gasteiger partial charge in [-0.15, -0.1) is 0 Å². The maximum atomic E-state index is 12.9. The third-order valence-corrected chi connectivity index (χ3v) is 6.97. The number of nitrogens with zero attached hydrogens (tertiary/aromatic N) is 4. The smallest absolute Gasteiger partial charge is 0.293 e. The van der Waals surface area contributed by atoms with Gasteiger partial charge in [-0.25, -0.2) is 8.42 Å². The number of anilines is 1. The molecule has 1 fully saturated rings. The minimum absolute atomic E-state index is 0.0349. The van der Waals surface area contributed by atoms with Gasteiger partial charge in [0.25, 0.3) is 5.69 Å². The quantitative estimate of drug-likeness (QED) is 0.542. The molecule has 0 saturated carbocycles. The van der Waals surface area contributed by atoms with Gasteiger partial charge in [0.15, 0.2) is 0 Å². The Morgan fingerprint density at radius 3 is 2.61 bits per heavy atom. The number of rotatable bonds is 6. The van der Waals surface area contributed by atoms with Crippen LogP contribution in [0.2, 0.25) is 0 Å². The van der Waals surface area contributed by atoms with E-state index in [9.17, 15) is 18.5 Å². The Balaban J connectivity index is 1.89. The summed E-state index contributed by atoms with van der Waals surface area (Å²) in [5.74, 6) is 0.490. The third-order valence-electron chi connectivity index (χ3n) is 5.08. The van der Waals surface area contributed by atoms with E-state index in [1.54, 1.807) is 30.4 Å². The molecule has 1 aromatic carbocycles. The van der Waals surface area contributed by atoms with Gasteiger partial charge < -0.3 is 4.90 Å². The van der Waals surface area contributed by atoms with Crippen molar-refractivity contribution in [2.45, 2.75) is 31.2 Å². The van der Waals surface area contributed by atoms with E-state index in [0.717, 1.165) is 18.4 Å². The van der Waals surface area contributed by atoms with Gasteiger partial charge in [-0.2, -0.15) is 4.31 Å². The van der Waals surface area contributed by atoms with Crippen molar-refractivity contribution in [3.8, 4) is 0 Å². The summed E-state index contributed by atoms with van der Waals surface area (Å²) in [5, 5.41) is 11.6. The molecular weight excluding hydrogens is 380 g/mol. The fourth-order valence-electron chi connectivity index (χ4n) is 3.36. The van der Waals surface area contributed by atoms with E-state index in [-0.39, 0.29) is 10.6 Å². The van der Waals surface area contributed by atoms with Gasteiger partial charge in [0, 0.05) is 45.1 Å². The number of hydrogen-bond acceptors (Lipinski definition) is 6. The zero-order valence-electron chi connectivity index (χ0n) is 16.0. The molecule has 0 aliphatic carbocycles. The van der Waals surface area contributed by atoms with E-state index in [1.807, 2.05) is 6.07 Å². The molecule has 1 aliphatic rings. The molecule has 0 amide bonds. The highest BCUT2D eigenvalue weighted by atomic mass is 32.2. The van der Waals surface area contributed by atoms with E-state index >= 15 is 0 Å². The van der Waals surface area contributed by atoms with Gasteiger partial charge in [-0.1, -0.05) is 13.0 Å². The summed E-state index contributed by atoms with van der Waals surface area (Å²) in [6.07, 6.45) is 4.95. The summed E-state index contributed by atoms with van der Waals surface area (Å²) in [4.78, 5) is 16.8. The van der Waals surface area contributed by atoms with E-state index in [1.165, 1.54) is 22.5 Å². The van der Waals surface area contributed by atoms with Crippen LogP contribution >= 0.6 is 0 Å². The second-order valence-electron chi connectivity index (χ2n) is 7.21. The molecule has 0 radical (unpaired) electrons. The lowest BCUT2D eigenvalue weighted by Crippen LogP contribution is -2.37. The van der Waals surface area contributed by atoms with Gasteiger partial charge in [0.05, 0.1) is 9.82 Å². The highest BCUT2D eigenvalue weighted by Crippen LogP contribution is 2.33. The Morgan fingerprint density at radius 2 is 2.00 bits per heavy atom. The predicted octanol–water partition coefficient (Wildman–Crippen LogP) is 3.05. The predicted molar refractivity (Wildman–Crippen MR) is 107 cm³/mol. The molecule has 0 N–H and O–H groups in total. The first-order chi connectivity index (χ1) is 13.3. The zero-order chi connectivity index (χ0) is 20.3. The second kappa shape index (κ2) is 8.24. The fraction of sp³-hybridized carbons (Fsp3) is 0.421. The molecule has 1 aromatic heterocycles. The van der Waals surface area contributed by atoms with E-state index in [2.05, 4.69) is 11.9 Å². The first kappa shape index (κ1) is 20.2. The van der Waals surface area contributed by atoms with Crippen LogP contribution in [0.5, 0.6) is 0 Å².